The monoisotopic (exact) mass is 334 g/mol. The number of nitrogens with one attached hydrogen (secondary N) is 1. The molecule has 2 amide bonds. The number of carbonyl (C=O) groups excluding carboxylic acids is 2. The molecule has 0 radical (unpaired) electrons. The topological polar surface area (TPSA) is 58.6 Å². The molecule has 0 spiro atoms. The average molecular weight is 334 g/mol. The SMILES string of the molecule is CCC(CC)C(=O)NCCN(CCc1cccc(OC)c1)C(C)=O. The Morgan fingerprint density at radius 1 is 1.21 bits per heavy atom. The van der Waals surface area contributed by atoms with Crippen molar-refractivity contribution in [2.45, 2.75) is 40.0 Å². The fourth-order valence-corrected chi connectivity index (χ4v) is 2.64. The second-order valence-electron chi connectivity index (χ2n) is 5.91. The maximum absolute atomic E-state index is 12.0. The number of ether oxygens (including phenoxy) is 1. The predicted molar refractivity (Wildman–Crippen MR) is 96.0 cm³/mol. The summed E-state index contributed by atoms with van der Waals surface area (Å²) in [6, 6.07) is 7.85. The summed E-state index contributed by atoms with van der Waals surface area (Å²) in [5.41, 5.74) is 1.13. The zero-order valence-corrected chi connectivity index (χ0v) is 15.3. The van der Waals surface area contributed by atoms with Gasteiger partial charge in [0.05, 0.1) is 7.11 Å². The van der Waals surface area contributed by atoms with E-state index in [1.54, 1.807) is 18.9 Å². The lowest BCUT2D eigenvalue weighted by Gasteiger charge is -2.22. The van der Waals surface area contributed by atoms with Gasteiger partial charge in [-0.2, -0.15) is 0 Å². The van der Waals surface area contributed by atoms with Crippen LogP contribution in [-0.4, -0.2) is 43.5 Å². The first-order chi connectivity index (χ1) is 11.5. The summed E-state index contributed by atoms with van der Waals surface area (Å²) < 4.78 is 5.22. The van der Waals surface area contributed by atoms with Crippen molar-refractivity contribution in [3.05, 3.63) is 29.8 Å². The third-order valence-corrected chi connectivity index (χ3v) is 4.29. The largest absolute Gasteiger partial charge is 0.497 e. The highest BCUT2D eigenvalue weighted by Gasteiger charge is 2.14. The first-order valence-electron chi connectivity index (χ1n) is 8.67. The second kappa shape index (κ2) is 10.7. The van der Waals surface area contributed by atoms with Gasteiger partial charge >= 0.3 is 0 Å². The van der Waals surface area contributed by atoms with E-state index in [4.69, 9.17) is 4.74 Å². The molecule has 1 aromatic carbocycles. The Hall–Kier alpha value is -2.04. The average Bonchev–Trinajstić information content (AvgIpc) is 2.58. The van der Waals surface area contributed by atoms with Gasteiger partial charge in [0.15, 0.2) is 0 Å². The maximum Gasteiger partial charge on any atom is 0.223 e. The normalized spacial score (nSPS) is 10.5. The number of rotatable bonds is 10. The van der Waals surface area contributed by atoms with Crippen molar-refractivity contribution in [1.29, 1.82) is 0 Å². The molecule has 0 aliphatic rings. The molecule has 5 heteroatoms. The van der Waals surface area contributed by atoms with E-state index in [9.17, 15) is 9.59 Å². The molecule has 0 bridgehead atoms. The molecule has 0 heterocycles. The minimum atomic E-state index is 0.0229. The van der Waals surface area contributed by atoms with E-state index in [-0.39, 0.29) is 17.7 Å². The third-order valence-electron chi connectivity index (χ3n) is 4.29. The van der Waals surface area contributed by atoms with Crippen LogP contribution in [0.1, 0.15) is 39.2 Å². The lowest BCUT2D eigenvalue weighted by atomic mass is 10.0. The molecule has 5 nitrogen and oxygen atoms in total. The van der Waals surface area contributed by atoms with Crippen molar-refractivity contribution in [2.75, 3.05) is 26.7 Å². The van der Waals surface area contributed by atoms with Gasteiger partial charge in [0, 0.05) is 32.5 Å². The van der Waals surface area contributed by atoms with Gasteiger partial charge < -0.3 is 15.0 Å². The van der Waals surface area contributed by atoms with Gasteiger partial charge in [0.2, 0.25) is 11.8 Å². The predicted octanol–water partition coefficient (Wildman–Crippen LogP) is 2.64. The molecule has 0 aliphatic heterocycles. The van der Waals surface area contributed by atoms with Gasteiger partial charge in [-0.1, -0.05) is 26.0 Å². The molecule has 0 saturated heterocycles. The van der Waals surface area contributed by atoms with E-state index in [0.29, 0.717) is 19.6 Å². The lowest BCUT2D eigenvalue weighted by molar-refractivity contribution is -0.130. The molecule has 0 saturated carbocycles. The molecule has 0 atom stereocenters. The Bertz CT molecular complexity index is 527. The number of amides is 2. The second-order valence-corrected chi connectivity index (χ2v) is 5.91. The van der Waals surface area contributed by atoms with Gasteiger partial charge in [-0.25, -0.2) is 0 Å². The number of methoxy groups -OCH3 is 1. The molecule has 1 rings (SSSR count). The van der Waals surface area contributed by atoms with Gasteiger partial charge in [0.1, 0.15) is 5.75 Å². The molecule has 0 unspecified atom stereocenters. The van der Waals surface area contributed by atoms with Crippen LogP contribution in [0.5, 0.6) is 5.75 Å². The molecule has 1 aromatic rings. The summed E-state index contributed by atoms with van der Waals surface area (Å²) in [6.45, 7) is 7.25. The van der Waals surface area contributed by atoms with Gasteiger partial charge in [0.25, 0.3) is 0 Å². The molecule has 0 aliphatic carbocycles. The smallest absolute Gasteiger partial charge is 0.223 e. The van der Waals surface area contributed by atoms with Gasteiger partial charge in [-0.15, -0.1) is 0 Å². The van der Waals surface area contributed by atoms with Gasteiger partial charge in [-0.05, 0) is 37.0 Å². The Labute approximate surface area is 145 Å². The highest BCUT2D eigenvalue weighted by atomic mass is 16.5. The highest BCUT2D eigenvalue weighted by molar-refractivity contribution is 5.78. The quantitative estimate of drug-likeness (QED) is 0.715. The van der Waals surface area contributed by atoms with Crippen LogP contribution in [0.3, 0.4) is 0 Å². The Kier molecular flexibility index (Phi) is 8.90. The van der Waals surface area contributed by atoms with Crippen molar-refractivity contribution in [2.24, 2.45) is 5.92 Å². The van der Waals surface area contributed by atoms with Gasteiger partial charge in [-0.3, -0.25) is 9.59 Å². The van der Waals surface area contributed by atoms with Crippen molar-refractivity contribution in [3.63, 3.8) is 0 Å². The van der Waals surface area contributed by atoms with Crippen LogP contribution < -0.4 is 10.1 Å². The molecule has 0 aromatic heterocycles. The minimum absolute atomic E-state index is 0.0229. The summed E-state index contributed by atoms with van der Waals surface area (Å²) in [5.74, 6) is 0.984. The molecule has 24 heavy (non-hydrogen) atoms. The summed E-state index contributed by atoms with van der Waals surface area (Å²) in [4.78, 5) is 25.5. The summed E-state index contributed by atoms with van der Waals surface area (Å²) in [7, 11) is 1.64. The Balaban J connectivity index is 2.46. The van der Waals surface area contributed by atoms with Crippen LogP contribution in [0.2, 0.25) is 0 Å². The standard InChI is InChI=1S/C19H30N2O3/c1-5-17(6-2)19(23)20-11-13-21(15(3)22)12-10-16-8-7-9-18(14-16)24-4/h7-9,14,17H,5-6,10-13H2,1-4H3,(H,20,23). The van der Waals surface area contributed by atoms with E-state index < -0.39 is 0 Å². The van der Waals surface area contributed by atoms with E-state index in [1.165, 1.54) is 0 Å². The molecular weight excluding hydrogens is 304 g/mol. The van der Waals surface area contributed by atoms with Crippen LogP contribution >= 0.6 is 0 Å². The van der Waals surface area contributed by atoms with E-state index in [2.05, 4.69) is 5.32 Å². The molecular formula is C19H30N2O3. The molecule has 134 valence electrons. The summed E-state index contributed by atoms with van der Waals surface area (Å²) in [6.07, 6.45) is 2.44. The lowest BCUT2D eigenvalue weighted by Crippen LogP contribution is -2.40. The van der Waals surface area contributed by atoms with Crippen LogP contribution in [0.4, 0.5) is 0 Å². The number of nitrogens with zero attached hydrogens (tertiary/aromatic N) is 1. The van der Waals surface area contributed by atoms with Crippen LogP contribution in [-0.2, 0) is 16.0 Å². The van der Waals surface area contributed by atoms with Crippen molar-refractivity contribution in [1.82, 2.24) is 10.2 Å². The van der Waals surface area contributed by atoms with Crippen LogP contribution in [0, 0.1) is 5.92 Å². The third kappa shape index (κ3) is 6.60. The fraction of sp³-hybridized carbons (Fsp3) is 0.579. The van der Waals surface area contributed by atoms with Crippen molar-refractivity contribution in [3.8, 4) is 5.75 Å². The number of benzene rings is 1. The van der Waals surface area contributed by atoms with E-state index in [0.717, 1.165) is 30.6 Å². The van der Waals surface area contributed by atoms with Crippen LogP contribution in [0.25, 0.3) is 0 Å². The number of carbonyl (C=O) groups is 2. The zero-order chi connectivity index (χ0) is 17.9. The fourth-order valence-electron chi connectivity index (χ4n) is 2.64. The van der Waals surface area contributed by atoms with Crippen molar-refractivity contribution >= 4 is 11.8 Å². The van der Waals surface area contributed by atoms with Crippen molar-refractivity contribution < 1.29 is 14.3 Å². The number of hydrogen-bond donors (Lipinski definition) is 1. The molecule has 1 N–H and O–H groups in total. The summed E-state index contributed by atoms with van der Waals surface area (Å²) in [5, 5.41) is 2.93. The van der Waals surface area contributed by atoms with E-state index in [1.807, 2.05) is 38.1 Å². The Morgan fingerprint density at radius 2 is 1.92 bits per heavy atom. The first kappa shape index (κ1) is 20.0. The van der Waals surface area contributed by atoms with Crippen LogP contribution in [0.15, 0.2) is 24.3 Å². The Morgan fingerprint density at radius 3 is 2.50 bits per heavy atom. The zero-order valence-electron chi connectivity index (χ0n) is 15.3. The molecule has 0 fully saturated rings. The highest BCUT2D eigenvalue weighted by Crippen LogP contribution is 2.13. The number of hydrogen-bond acceptors (Lipinski definition) is 3. The minimum Gasteiger partial charge on any atom is -0.497 e. The maximum atomic E-state index is 12.0. The van der Waals surface area contributed by atoms with E-state index >= 15 is 0 Å². The first-order valence-corrected chi connectivity index (χ1v) is 8.67. The summed E-state index contributed by atoms with van der Waals surface area (Å²) >= 11 is 0.